The number of nitrogens with zero attached hydrogens (tertiary/aromatic N) is 2. The molecule has 1 fully saturated rings. The van der Waals surface area contributed by atoms with Gasteiger partial charge in [0.25, 0.3) is 5.56 Å². The summed E-state index contributed by atoms with van der Waals surface area (Å²) in [6.07, 6.45) is 6.07. The number of nitrogens with one attached hydrogen (secondary N) is 1. The van der Waals surface area contributed by atoms with Crippen LogP contribution in [0.4, 0.5) is 0 Å². The van der Waals surface area contributed by atoms with Crippen molar-refractivity contribution in [1.29, 1.82) is 0 Å². The van der Waals surface area contributed by atoms with E-state index in [1.54, 1.807) is 11.9 Å². The molecule has 2 aromatic heterocycles. The summed E-state index contributed by atoms with van der Waals surface area (Å²) < 4.78 is 0.622. The van der Waals surface area contributed by atoms with Gasteiger partial charge < -0.3 is 15.6 Å². The molecule has 0 spiro atoms. The lowest BCUT2D eigenvalue weighted by Crippen LogP contribution is -2.39. The van der Waals surface area contributed by atoms with Crippen LogP contribution in [-0.2, 0) is 11.3 Å². The monoisotopic (exact) mass is 348 g/mol. The molecule has 7 heteroatoms. The summed E-state index contributed by atoms with van der Waals surface area (Å²) in [5.74, 6) is 0.586. The molecule has 0 radical (unpaired) electrons. The van der Waals surface area contributed by atoms with Crippen LogP contribution in [0.1, 0.15) is 44.3 Å². The predicted octanol–water partition coefficient (Wildman–Crippen LogP) is 2.24. The number of fused-ring (bicyclic) bond motifs is 1. The first-order chi connectivity index (χ1) is 11.5. The number of aromatic nitrogens is 2. The van der Waals surface area contributed by atoms with Crippen molar-refractivity contribution in [3.05, 3.63) is 27.6 Å². The highest BCUT2D eigenvalue weighted by Gasteiger charge is 2.33. The van der Waals surface area contributed by atoms with Crippen molar-refractivity contribution in [2.75, 3.05) is 13.6 Å². The minimum atomic E-state index is -0.142. The van der Waals surface area contributed by atoms with Crippen LogP contribution in [0.3, 0.4) is 0 Å². The second-order valence-electron chi connectivity index (χ2n) is 6.84. The maximum atomic E-state index is 12.6. The van der Waals surface area contributed by atoms with Crippen molar-refractivity contribution in [2.24, 2.45) is 11.1 Å². The molecule has 2 aromatic rings. The van der Waals surface area contributed by atoms with Crippen molar-refractivity contribution in [3.8, 4) is 0 Å². The predicted molar refractivity (Wildman–Crippen MR) is 95.9 cm³/mol. The van der Waals surface area contributed by atoms with E-state index in [9.17, 15) is 9.59 Å². The Bertz CT molecular complexity index is 776. The van der Waals surface area contributed by atoms with Crippen LogP contribution < -0.4 is 11.3 Å². The first kappa shape index (κ1) is 17.1. The van der Waals surface area contributed by atoms with Gasteiger partial charge in [-0.25, -0.2) is 4.98 Å². The molecule has 0 atom stereocenters. The van der Waals surface area contributed by atoms with Crippen LogP contribution in [0.25, 0.3) is 10.2 Å². The van der Waals surface area contributed by atoms with Gasteiger partial charge in [0, 0.05) is 13.5 Å². The van der Waals surface area contributed by atoms with E-state index in [0.29, 0.717) is 35.6 Å². The van der Waals surface area contributed by atoms with Gasteiger partial charge in [0.1, 0.15) is 10.5 Å². The van der Waals surface area contributed by atoms with Crippen molar-refractivity contribution in [1.82, 2.24) is 14.9 Å². The standard InChI is InChI=1S/C17H24N4O2S/c1-21(14(22)9-17(11-18)6-3-2-4-7-17)10-13-19-12-5-8-24-15(12)16(23)20-13/h5,8H,2-4,6-7,9-11,18H2,1H3,(H,19,20,23). The van der Waals surface area contributed by atoms with E-state index in [1.807, 2.05) is 11.4 Å². The number of nitrogens with two attached hydrogens (primary N) is 1. The summed E-state index contributed by atoms with van der Waals surface area (Å²) in [6, 6.07) is 1.83. The van der Waals surface area contributed by atoms with Gasteiger partial charge in [-0.15, -0.1) is 11.3 Å². The van der Waals surface area contributed by atoms with Gasteiger partial charge in [-0.2, -0.15) is 0 Å². The molecule has 130 valence electrons. The Labute approximate surface area is 145 Å². The number of carbonyl (C=O) groups excluding carboxylic acids is 1. The van der Waals surface area contributed by atoms with Gasteiger partial charge in [0.15, 0.2) is 0 Å². The van der Waals surface area contributed by atoms with Gasteiger partial charge >= 0.3 is 0 Å². The molecular formula is C17H24N4O2S. The molecular weight excluding hydrogens is 324 g/mol. The van der Waals surface area contributed by atoms with E-state index in [2.05, 4.69) is 9.97 Å². The molecule has 0 aromatic carbocycles. The molecule has 0 bridgehead atoms. The maximum Gasteiger partial charge on any atom is 0.268 e. The Hall–Kier alpha value is -1.73. The zero-order chi connectivity index (χ0) is 17.2. The quantitative estimate of drug-likeness (QED) is 0.867. The highest BCUT2D eigenvalue weighted by Crippen LogP contribution is 2.38. The molecule has 0 aliphatic heterocycles. The highest BCUT2D eigenvalue weighted by atomic mass is 32.1. The second-order valence-corrected chi connectivity index (χ2v) is 7.76. The van der Waals surface area contributed by atoms with Gasteiger partial charge in [-0.1, -0.05) is 19.3 Å². The summed E-state index contributed by atoms with van der Waals surface area (Å²) in [6.45, 7) is 0.864. The number of carbonyl (C=O) groups is 1. The average Bonchev–Trinajstić information content (AvgIpc) is 3.04. The lowest BCUT2D eigenvalue weighted by molar-refractivity contribution is -0.133. The number of hydrogen-bond acceptors (Lipinski definition) is 5. The first-order valence-electron chi connectivity index (χ1n) is 8.43. The molecule has 24 heavy (non-hydrogen) atoms. The van der Waals surface area contributed by atoms with Crippen molar-refractivity contribution in [2.45, 2.75) is 45.1 Å². The number of rotatable bonds is 5. The van der Waals surface area contributed by atoms with Crippen LogP contribution >= 0.6 is 11.3 Å². The average molecular weight is 348 g/mol. The van der Waals surface area contributed by atoms with Crippen molar-refractivity contribution in [3.63, 3.8) is 0 Å². The van der Waals surface area contributed by atoms with Crippen LogP contribution in [0.2, 0.25) is 0 Å². The molecule has 0 saturated heterocycles. The number of H-pyrrole nitrogens is 1. The lowest BCUT2D eigenvalue weighted by Gasteiger charge is -2.36. The SMILES string of the molecule is CN(Cc1nc2ccsc2c(=O)[nH]1)C(=O)CC1(CN)CCCCC1. The van der Waals surface area contributed by atoms with Gasteiger partial charge in [-0.05, 0) is 36.2 Å². The molecule has 1 aliphatic carbocycles. The Kier molecular flexibility index (Phi) is 5.01. The normalized spacial score (nSPS) is 17.1. The largest absolute Gasteiger partial charge is 0.338 e. The van der Waals surface area contributed by atoms with Crippen LogP contribution in [0, 0.1) is 5.41 Å². The van der Waals surface area contributed by atoms with Crippen LogP contribution in [-0.4, -0.2) is 34.4 Å². The Morgan fingerprint density at radius 1 is 1.42 bits per heavy atom. The number of amides is 1. The number of aromatic amines is 1. The van der Waals surface area contributed by atoms with E-state index in [4.69, 9.17) is 5.73 Å². The minimum absolute atomic E-state index is 0.0538. The van der Waals surface area contributed by atoms with Crippen LogP contribution in [0.5, 0.6) is 0 Å². The molecule has 1 aliphatic rings. The smallest absolute Gasteiger partial charge is 0.268 e. The number of thiophene rings is 1. The van der Waals surface area contributed by atoms with Crippen molar-refractivity contribution < 1.29 is 4.79 Å². The summed E-state index contributed by atoms with van der Waals surface area (Å²) in [7, 11) is 1.76. The zero-order valence-corrected chi connectivity index (χ0v) is 14.8. The van der Waals surface area contributed by atoms with Gasteiger partial charge in [-0.3, -0.25) is 9.59 Å². The minimum Gasteiger partial charge on any atom is -0.338 e. The van der Waals surface area contributed by atoms with Crippen molar-refractivity contribution >= 4 is 27.5 Å². The Morgan fingerprint density at radius 2 is 2.17 bits per heavy atom. The fourth-order valence-electron chi connectivity index (χ4n) is 3.52. The highest BCUT2D eigenvalue weighted by molar-refractivity contribution is 7.17. The fraction of sp³-hybridized carbons (Fsp3) is 0.588. The van der Waals surface area contributed by atoms with E-state index in [-0.39, 0.29) is 16.9 Å². The second kappa shape index (κ2) is 7.03. The summed E-state index contributed by atoms with van der Waals surface area (Å²) in [5.41, 5.74) is 6.47. The molecule has 0 unspecified atom stereocenters. The molecule has 2 heterocycles. The maximum absolute atomic E-state index is 12.6. The van der Waals surface area contributed by atoms with Crippen LogP contribution in [0.15, 0.2) is 16.2 Å². The molecule has 1 amide bonds. The Morgan fingerprint density at radius 3 is 2.88 bits per heavy atom. The summed E-state index contributed by atoms with van der Waals surface area (Å²) >= 11 is 1.37. The van der Waals surface area contributed by atoms with Gasteiger partial charge in [0.2, 0.25) is 5.91 Å². The van der Waals surface area contributed by atoms with Gasteiger partial charge in [0.05, 0.1) is 12.1 Å². The van der Waals surface area contributed by atoms with E-state index in [1.165, 1.54) is 17.8 Å². The third-order valence-corrected chi connectivity index (χ3v) is 5.95. The topological polar surface area (TPSA) is 92.1 Å². The van der Waals surface area contributed by atoms with E-state index in [0.717, 1.165) is 25.7 Å². The molecule has 3 rings (SSSR count). The first-order valence-corrected chi connectivity index (χ1v) is 9.31. The molecule has 3 N–H and O–H groups in total. The number of hydrogen-bond donors (Lipinski definition) is 2. The lowest BCUT2D eigenvalue weighted by atomic mass is 9.71. The zero-order valence-electron chi connectivity index (χ0n) is 14.0. The molecule has 1 saturated carbocycles. The van der Waals surface area contributed by atoms with E-state index < -0.39 is 0 Å². The third-order valence-electron chi connectivity index (χ3n) is 5.05. The summed E-state index contributed by atoms with van der Waals surface area (Å²) in [4.78, 5) is 33.5. The third kappa shape index (κ3) is 3.52. The molecule has 6 nitrogen and oxygen atoms in total. The van der Waals surface area contributed by atoms with E-state index >= 15 is 0 Å². The summed E-state index contributed by atoms with van der Waals surface area (Å²) in [5, 5.41) is 1.85. The fourth-order valence-corrected chi connectivity index (χ4v) is 4.25. The Balaban J connectivity index is 1.69.